The van der Waals surface area contributed by atoms with Crippen LogP contribution in [0.15, 0.2) is 29.4 Å². The number of hydrogen-bond acceptors (Lipinski definition) is 5. The molecule has 1 amide bonds. The lowest BCUT2D eigenvalue weighted by Crippen LogP contribution is -2.54. The fourth-order valence-corrected chi connectivity index (χ4v) is 4.05. The van der Waals surface area contributed by atoms with Crippen LogP contribution < -0.4 is 10.3 Å². The van der Waals surface area contributed by atoms with Crippen molar-refractivity contribution in [3.05, 3.63) is 29.8 Å². The summed E-state index contributed by atoms with van der Waals surface area (Å²) in [5, 5.41) is 18.5. The van der Waals surface area contributed by atoms with Crippen molar-refractivity contribution in [1.29, 1.82) is 0 Å². The number of carbonyl (C=O) groups is 2. The van der Waals surface area contributed by atoms with E-state index in [0.29, 0.717) is 17.7 Å². The van der Waals surface area contributed by atoms with E-state index >= 15 is 0 Å². The molecule has 0 aliphatic carbocycles. The molecule has 1 atom stereocenters. The van der Waals surface area contributed by atoms with Gasteiger partial charge in [0.25, 0.3) is 5.91 Å². The first-order valence-corrected chi connectivity index (χ1v) is 8.71. The van der Waals surface area contributed by atoms with Crippen LogP contribution in [0, 0.1) is 0 Å². The SMILES string of the molecule is CC1=NN(c2ccc(C(=O)NC3(C(=O)O)CCSC3)cc2)CC1. The average molecular weight is 333 g/mol. The summed E-state index contributed by atoms with van der Waals surface area (Å²) in [5.74, 6) is -0.150. The Kier molecular flexibility index (Phi) is 4.30. The number of carboxylic acid groups (broad SMARTS) is 1. The number of carbonyl (C=O) groups excluding carboxylic acids is 1. The lowest BCUT2D eigenvalue weighted by Gasteiger charge is -2.24. The smallest absolute Gasteiger partial charge is 0.330 e. The predicted octanol–water partition coefficient (Wildman–Crippen LogP) is 1.96. The third-order valence-electron chi connectivity index (χ3n) is 4.19. The van der Waals surface area contributed by atoms with E-state index < -0.39 is 11.5 Å². The Morgan fingerprint density at radius 1 is 1.35 bits per heavy atom. The fraction of sp³-hybridized carbons (Fsp3) is 0.438. The number of aliphatic carboxylic acids is 1. The molecule has 6 nitrogen and oxygen atoms in total. The zero-order valence-electron chi connectivity index (χ0n) is 12.9. The largest absolute Gasteiger partial charge is 0.479 e. The predicted molar refractivity (Wildman–Crippen MR) is 91.3 cm³/mol. The fourth-order valence-electron chi connectivity index (χ4n) is 2.72. The summed E-state index contributed by atoms with van der Waals surface area (Å²) in [6.45, 7) is 2.84. The minimum absolute atomic E-state index is 0.345. The van der Waals surface area contributed by atoms with Gasteiger partial charge < -0.3 is 10.4 Å². The van der Waals surface area contributed by atoms with Crippen LogP contribution in [0.1, 0.15) is 30.1 Å². The van der Waals surface area contributed by atoms with Gasteiger partial charge in [-0.15, -0.1) is 0 Å². The first kappa shape index (κ1) is 15.9. The number of hydrogen-bond donors (Lipinski definition) is 2. The molecule has 1 aromatic rings. The van der Waals surface area contributed by atoms with E-state index in [0.717, 1.165) is 30.1 Å². The summed E-state index contributed by atoms with van der Waals surface area (Å²) in [4.78, 5) is 23.9. The third-order valence-corrected chi connectivity index (χ3v) is 5.38. The van der Waals surface area contributed by atoms with Crippen LogP contribution in [0.4, 0.5) is 5.69 Å². The molecule has 0 radical (unpaired) electrons. The van der Waals surface area contributed by atoms with Gasteiger partial charge in [0.2, 0.25) is 0 Å². The molecule has 0 spiro atoms. The van der Waals surface area contributed by atoms with Gasteiger partial charge in [0.15, 0.2) is 0 Å². The molecule has 1 unspecified atom stereocenters. The first-order valence-electron chi connectivity index (χ1n) is 7.55. The Labute approximate surface area is 138 Å². The number of rotatable bonds is 4. The standard InChI is InChI=1S/C16H19N3O3S/c1-11-6-8-19(18-11)13-4-2-12(3-5-13)14(20)17-16(15(21)22)7-9-23-10-16/h2-5H,6-10H2,1H3,(H,17,20)(H,21,22). The summed E-state index contributed by atoms with van der Waals surface area (Å²) in [6, 6.07) is 7.11. The Balaban J connectivity index is 1.72. The molecule has 2 heterocycles. The van der Waals surface area contributed by atoms with Gasteiger partial charge in [-0.2, -0.15) is 16.9 Å². The van der Waals surface area contributed by atoms with E-state index in [1.807, 2.05) is 24.1 Å². The van der Waals surface area contributed by atoms with Crippen LogP contribution in [0.25, 0.3) is 0 Å². The second-order valence-electron chi connectivity index (χ2n) is 5.90. The van der Waals surface area contributed by atoms with Crippen molar-refractivity contribution in [3.8, 4) is 0 Å². The van der Waals surface area contributed by atoms with Crippen LogP contribution in [0.2, 0.25) is 0 Å². The summed E-state index contributed by atoms with van der Waals surface area (Å²) in [6.07, 6.45) is 1.40. The molecule has 1 saturated heterocycles. The number of nitrogens with zero attached hydrogens (tertiary/aromatic N) is 2. The van der Waals surface area contributed by atoms with Crippen LogP contribution in [-0.4, -0.2) is 46.3 Å². The Morgan fingerprint density at radius 3 is 2.61 bits per heavy atom. The summed E-state index contributed by atoms with van der Waals surface area (Å²) in [7, 11) is 0. The Bertz CT molecular complexity index is 651. The van der Waals surface area contributed by atoms with Gasteiger partial charge in [-0.1, -0.05) is 0 Å². The molecule has 1 fully saturated rings. The molecule has 2 N–H and O–H groups in total. The highest BCUT2D eigenvalue weighted by atomic mass is 32.2. The molecule has 2 aliphatic rings. The zero-order valence-corrected chi connectivity index (χ0v) is 13.7. The highest BCUT2D eigenvalue weighted by molar-refractivity contribution is 7.99. The van der Waals surface area contributed by atoms with Crippen molar-refractivity contribution in [2.75, 3.05) is 23.1 Å². The molecule has 23 heavy (non-hydrogen) atoms. The summed E-state index contributed by atoms with van der Waals surface area (Å²) < 4.78 is 0. The first-order chi connectivity index (χ1) is 11.0. The number of amides is 1. The molecule has 3 rings (SSSR count). The van der Waals surface area contributed by atoms with E-state index in [1.165, 1.54) is 0 Å². The van der Waals surface area contributed by atoms with Gasteiger partial charge in [-0.05, 0) is 43.4 Å². The maximum Gasteiger partial charge on any atom is 0.330 e. The molecule has 0 aromatic heterocycles. The van der Waals surface area contributed by atoms with Crippen LogP contribution in [0.3, 0.4) is 0 Å². The van der Waals surface area contributed by atoms with Crippen LogP contribution in [0.5, 0.6) is 0 Å². The molecule has 0 saturated carbocycles. The van der Waals surface area contributed by atoms with Gasteiger partial charge in [0.05, 0.1) is 5.69 Å². The van der Waals surface area contributed by atoms with Gasteiger partial charge in [-0.25, -0.2) is 4.79 Å². The molecule has 2 aliphatic heterocycles. The van der Waals surface area contributed by atoms with Crippen molar-refractivity contribution in [2.24, 2.45) is 5.10 Å². The number of nitrogens with one attached hydrogen (secondary N) is 1. The van der Waals surface area contributed by atoms with Crippen molar-refractivity contribution in [2.45, 2.75) is 25.3 Å². The quantitative estimate of drug-likeness (QED) is 0.880. The van der Waals surface area contributed by atoms with Crippen molar-refractivity contribution >= 4 is 35.0 Å². The molecule has 122 valence electrons. The number of carboxylic acids is 1. The molecule has 0 bridgehead atoms. The highest BCUT2D eigenvalue weighted by Crippen LogP contribution is 2.29. The number of hydrazone groups is 1. The Morgan fingerprint density at radius 2 is 2.09 bits per heavy atom. The second-order valence-corrected chi connectivity index (χ2v) is 7.00. The maximum atomic E-state index is 12.4. The van der Waals surface area contributed by atoms with E-state index in [1.54, 1.807) is 23.9 Å². The normalized spacial score (nSPS) is 23.7. The lowest BCUT2D eigenvalue weighted by molar-refractivity contribution is -0.143. The van der Waals surface area contributed by atoms with Gasteiger partial charge in [0, 0.05) is 30.0 Å². The van der Waals surface area contributed by atoms with Gasteiger partial charge >= 0.3 is 5.97 Å². The van der Waals surface area contributed by atoms with Crippen LogP contribution in [-0.2, 0) is 4.79 Å². The number of benzene rings is 1. The van der Waals surface area contributed by atoms with Crippen molar-refractivity contribution in [3.63, 3.8) is 0 Å². The highest BCUT2D eigenvalue weighted by Gasteiger charge is 2.43. The average Bonchev–Trinajstić information content (AvgIpc) is 3.17. The number of thioether (sulfide) groups is 1. The number of anilines is 1. The second kappa shape index (κ2) is 6.23. The van der Waals surface area contributed by atoms with E-state index in [2.05, 4.69) is 10.4 Å². The molecular weight excluding hydrogens is 314 g/mol. The van der Waals surface area contributed by atoms with E-state index in [-0.39, 0.29) is 5.91 Å². The van der Waals surface area contributed by atoms with Gasteiger partial charge in [0.1, 0.15) is 5.54 Å². The Hall–Kier alpha value is -2.02. The molecular formula is C16H19N3O3S. The third kappa shape index (κ3) is 3.19. The zero-order chi connectivity index (χ0) is 16.4. The topological polar surface area (TPSA) is 82.0 Å². The molecule has 1 aromatic carbocycles. The minimum atomic E-state index is -1.14. The van der Waals surface area contributed by atoms with E-state index in [4.69, 9.17) is 0 Å². The lowest BCUT2D eigenvalue weighted by atomic mass is 9.98. The van der Waals surface area contributed by atoms with Crippen molar-refractivity contribution in [1.82, 2.24) is 5.32 Å². The maximum absolute atomic E-state index is 12.4. The summed E-state index contributed by atoms with van der Waals surface area (Å²) >= 11 is 1.55. The molecule has 7 heteroatoms. The summed E-state index contributed by atoms with van der Waals surface area (Å²) in [5.41, 5.74) is 1.35. The monoisotopic (exact) mass is 333 g/mol. The van der Waals surface area contributed by atoms with Crippen LogP contribution >= 0.6 is 11.8 Å². The van der Waals surface area contributed by atoms with E-state index in [9.17, 15) is 14.7 Å². The van der Waals surface area contributed by atoms with Gasteiger partial charge in [-0.3, -0.25) is 9.80 Å². The minimum Gasteiger partial charge on any atom is -0.479 e. The van der Waals surface area contributed by atoms with Crippen molar-refractivity contribution < 1.29 is 14.7 Å².